The van der Waals surface area contributed by atoms with Crippen LogP contribution >= 0.6 is 0 Å². The van der Waals surface area contributed by atoms with Gasteiger partial charge in [0.25, 0.3) is 5.91 Å². The molecule has 1 N–H and O–H groups in total. The minimum Gasteiger partial charge on any atom is -0.319 e. The number of fused-ring (bicyclic) bond motifs is 2. The topological polar surface area (TPSA) is 75.9 Å². The lowest BCUT2D eigenvalue weighted by Gasteiger charge is -2.25. The Morgan fingerprint density at radius 1 is 1.14 bits per heavy atom. The smallest absolute Gasteiger partial charge is 0.293 e. The molecule has 148 valence electrons. The molecule has 8 heteroatoms. The van der Waals surface area contributed by atoms with E-state index in [1.165, 1.54) is 17.7 Å². The lowest BCUT2D eigenvalue weighted by atomic mass is 9.89. The highest BCUT2D eigenvalue weighted by molar-refractivity contribution is 6.01. The second kappa shape index (κ2) is 7.36. The van der Waals surface area contributed by atoms with Crippen molar-refractivity contribution in [2.45, 2.75) is 19.5 Å². The number of nitrogens with zero attached hydrogens (tertiary/aromatic N) is 5. The monoisotopic (exact) mass is 392 g/mol. The predicted molar refractivity (Wildman–Crippen MR) is 105 cm³/mol. The lowest BCUT2D eigenvalue weighted by Crippen LogP contribution is -2.31. The van der Waals surface area contributed by atoms with Gasteiger partial charge in [0.05, 0.1) is 0 Å². The molecule has 0 radical (unpaired) electrons. The molecule has 29 heavy (non-hydrogen) atoms. The van der Waals surface area contributed by atoms with Crippen LogP contribution in [-0.4, -0.2) is 43.6 Å². The average Bonchev–Trinajstić information content (AvgIpc) is 3.29. The van der Waals surface area contributed by atoms with Crippen LogP contribution in [0.2, 0.25) is 0 Å². The van der Waals surface area contributed by atoms with Gasteiger partial charge in [0.1, 0.15) is 11.6 Å². The van der Waals surface area contributed by atoms with E-state index in [9.17, 15) is 9.18 Å². The molecule has 1 saturated heterocycles. The normalized spacial score (nSPS) is 20.9. The van der Waals surface area contributed by atoms with Gasteiger partial charge in [-0.25, -0.2) is 4.39 Å². The second-order valence-electron chi connectivity index (χ2n) is 7.79. The van der Waals surface area contributed by atoms with Crippen molar-refractivity contribution < 1.29 is 9.18 Å². The summed E-state index contributed by atoms with van der Waals surface area (Å²) in [6.07, 6.45) is 4.51. The molecule has 7 nitrogen and oxygen atoms in total. The first-order valence-electron chi connectivity index (χ1n) is 9.76. The molecule has 3 aromatic rings. The summed E-state index contributed by atoms with van der Waals surface area (Å²) in [4.78, 5) is 19.3. The van der Waals surface area contributed by atoms with Crippen LogP contribution < -0.4 is 5.32 Å². The second-order valence-corrected chi connectivity index (χ2v) is 7.79. The predicted octanol–water partition coefficient (Wildman–Crippen LogP) is 2.37. The molecule has 2 aliphatic heterocycles. The Morgan fingerprint density at radius 2 is 2.03 bits per heavy atom. The number of carbonyl (C=O) groups excluding carboxylic acids is 1. The Labute approximate surface area is 167 Å². The molecule has 1 amide bonds. The maximum absolute atomic E-state index is 13.4. The summed E-state index contributed by atoms with van der Waals surface area (Å²) in [6.45, 7) is 3.59. The number of hydrogen-bond donors (Lipinski definition) is 1. The number of pyridine rings is 1. The van der Waals surface area contributed by atoms with Crippen LogP contribution in [0.1, 0.15) is 22.0 Å². The van der Waals surface area contributed by atoms with Crippen molar-refractivity contribution in [1.82, 2.24) is 24.6 Å². The van der Waals surface area contributed by atoms with Gasteiger partial charge in [-0.2, -0.15) is 0 Å². The van der Waals surface area contributed by atoms with Gasteiger partial charge in [0.15, 0.2) is 0 Å². The van der Waals surface area contributed by atoms with Gasteiger partial charge < -0.3 is 9.88 Å². The summed E-state index contributed by atoms with van der Waals surface area (Å²) in [5.74, 6) is 1.34. The molecular weight excluding hydrogens is 371 g/mol. The minimum atomic E-state index is -0.395. The highest BCUT2D eigenvalue weighted by Crippen LogP contribution is 2.33. The summed E-state index contributed by atoms with van der Waals surface area (Å²) >= 11 is 0. The van der Waals surface area contributed by atoms with Crippen LogP contribution in [-0.2, 0) is 19.5 Å². The van der Waals surface area contributed by atoms with Crippen LogP contribution in [0.4, 0.5) is 10.1 Å². The van der Waals surface area contributed by atoms with E-state index in [-0.39, 0.29) is 11.7 Å². The van der Waals surface area contributed by atoms with E-state index in [0.717, 1.165) is 38.4 Å². The van der Waals surface area contributed by atoms with Crippen molar-refractivity contribution in [1.29, 1.82) is 0 Å². The van der Waals surface area contributed by atoms with Crippen LogP contribution in [0.5, 0.6) is 0 Å². The highest BCUT2D eigenvalue weighted by atomic mass is 19.1. The molecule has 2 aromatic heterocycles. The standard InChI is InChI=1S/C21H21FN6O/c22-17-4-1-5-18(8-17)24-21(29)20-26-25-19-7-15-11-27(12-16(15)13-28(19)20)10-14-3-2-6-23-9-14/h1-6,8-9,15-16H,7,10-13H2,(H,24,29). The number of hydrogen-bond acceptors (Lipinski definition) is 5. The minimum absolute atomic E-state index is 0.286. The van der Waals surface area contributed by atoms with Crippen LogP contribution in [0.15, 0.2) is 48.8 Å². The number of benzene rings is 1. The quantitative estimate of drug-likeness (QED) is 0.738. The third-order valence-corrected chi connectivity index (χ3v) is 5.76. The van der Waals surface area contributed by atoms with Crippen molar-refractivity contribution in [3.8, 4) is 0 Å². The van der Waals surface area contributed by atoms with Crippen LogP contribution in [0, 0.1) is 17.7 Å². The summed E-state index contributed by atoms with van der Waals surface area (Å²) in [6, 6.07) is 9.89. The number of rotatable bonds is 4. The zero-order valence-electron chi connectivity index (χ0n) is 15.8. The van der Waals surface area contributed by atoms with E-state index in [1.54, 1.807) is 18.3 Å². The van der Waals surface area contributed by atoms with E-state index in [2.05, 4.69) is 31.5 Å². The molecule has 4 heterocycles. The number of carbonyl (C=O) groups is 1. The molecule has 1 aromatic carbocycles. The fourth-order valence-corrected chi connectivity index (χ4v) is 4.42. The summed E-state index contributed by atoms with van der Waals surface area (Å²) in [5.41, 5.74) is 1.62. The highest BCUT2D eigenvalue weighted by Gasteiger charge is 2.39. The molecule has 2 aliphatic rings. The Bertz CT molecular complexity index is 1040. The van der Waals surface area contributed by atoms with Gasteiger partial charge in [0.2, 0.25) is 5.82 Å². The Balaban J connectivity index is 1.29. The first-order chi connectivity index (χ1) is 14.2. The molecule has 2 atom stereocenters. The number of likely N-dealkylation sites (tertiary alicyclic amines) is 1. The molecular formula is C21H21FN6O. The van der Waals surface area contributed by atoms with Crippen LogP contribution in [0.25, 0.3) is 0 Å². The average molecular weight is 392 g/mol. The van der Waals surface area contributed by atoms with E-state index in [0.29, 0.717) is 17.5 Å². The van der Waals surface area contributed by atoms with E-state index in [4.69, 9.17) is 0 Å². The van der Waals surface area contributed by atoms with Gasteiger partial charge in [-0.05, 0) is 41.7 Å². The molecule has 2 unspecified atom stereocenters. The Hall–Kier alpha value is -3.13. The molecule has 0 saturated carbocycles. The number of halogens is 1. The summed E-state index contributed by atoms with van der Waals surface area (Å²) < 4.78 is 15.3. The first kappa shape index (κ1) is 17.9. The van der Waals surface area contributed by atoms with E-state index in [1.807, 2.05) is 16.8 Å². The first-order valence-corrected chi connectivity index (χ1v) is 9.76. The van der Waals surface area contributed by atoms with Crippen molar-refractivity contribution >= 4 is 11.6 Å². The lowest BCUT2D eigenvalue weighted by molar-refractivity contribution is 0.100. The summed E-state index contributed by atoms with van der Waals surface area (Å²) in [5, 5.41) is 11.1. The third kappa shape index (κ3) is 3.63. The molecule has 0 bridgehead atoms. The third-order valence-electron chi connectivity index (χ3n) is 5.76. The largest absolute Gasteiger partial charge is 0.319 e. The van der Waals surface area contributed by atoms with Crippen molar-refractivity contribution in [2.24, 2.45) is 11.8 Å². The number of nitrogens with one attached hydrogen (secondary N) is 1. The van der Waals surface area contributed by atoms with Gasteiger partial charge in [0, 0.05) is 50.7 Å². The Kier molecular flexibility index (Phi) is 4.55. The van der Waals surface area contributed by atoms with Gasteiger partial charge in [-0.15, -0.1) is 10.2 Å². The van der Waals surface area contributed by atoms with E-state index >= 15 is 0 Å². The SMILES string of the molecule is O=C(Nc1cccc(F)c1)c1nnc2n1CC1CN(Cc3cccnc3)CC1C2. The number of aromatic nitrogens is 4. The van der Waals surface area contributed by atoms with Crippen molar-refractivity contribution in [3.63, 3.8) is 0 Å². The summed E-state index contributed by atoms with van der Waals surface area (Å²) in [7, 11) is 0. The fourth-order valence-electron chi connectivity index (χ4n) is 4.42. The van der Waals surface area contributed by atoms with Gasteiger partial charge >= 0.3 is 0 Å². The number of amides is 1. The van der Waals surface area contributed by atoms with Crippen molar-refractivity contribution in [3.05, 3.63) is 71.8 Å². The zero-order chi connectivity index (χ0) is 19.8. The van der Waals surface area contributed by atoms with Crippen LogP contribution in [0.3, 0.4) is 0 Å². The molecule has 1 fully saturated rings. The zero-order valence-corrected chi connectivity index (χ0v) is 15.8. The maximum Gasteiger partial charge on any atom is 0.293 e. The Morgan fingerprint density at radius 3 is 2.86 bits per heavy atom. The van der Waals surface area contributed by atoms with E-state index < -0.39 is 5.82 Å². The maximum atomic E-state index is 13.4. The molecule has 0 aliphatic carbocycles. The molecule has 5 rings (SSSR count). The van der Waals surface area contributed by atoms with Gasteiger partial charge in [-0.3, -0.25) is 14.7 Å². The molecule has 0 spiro atoms. The van der Waals surface area contributed by atoms with Gasteiger partial charge in [-0.1, -0.05) is 12.1 Å². The fraction of sp³-hybridized carbons (Fsp3) is 0.333. The van der Waals surface area contributed by atoms with Crippen molar-refractivity contribution in [2.75, 3.05) is 18.4 Å². The number of anilines is 1.